The Kier molecular flexibility index (Phi) is 5.76. The van der Waals surface area contributed by atoms with Gasteiger partial charge in [-0.15, -0.1) is 11.3 Å². The molecule has 0 aromatic carbocycles. The number of aromatic nitrogens is 2. The Labute approximate surface area is 177 Å². The molecule has 0 bridgehead atoms. The van der Waals surface area contributed by atoms with Gasteiger partial charge in [-0.2, -0.15) is 0 Å². The fraction of sp³-hybridized carbons (Fsp3) is 0.524. The van der Waals surface area contributed by atoms with Crippen LogP contribution in [0.2, 0.25) is 0 Å². The lowest BCUT2D eigenvalue weighted by atomic mass is 9.97. The van der Waals surface area contributed by atoms with Crippen LogP contribution >= 0.6 is 23.1 Å². The van der Waals surface area contributed by atoms with E-state index in [0.717, 1.165) is 79.0 Å². The lowest BCUT2D eigenvalue weighted by molar-refractivity contribution is 0.0410. The molecule has 3 aromatic heterocycles. The van der Waals surface area contributed by atoms with Gasteiger partial charge in [0.05, 0.1) is 31.4 Å². The second kappa shape index (κ2) is 8.63. The minimum atomic E-state index is 0.0830. The van der Waals surface area contributed by atoms with E-state index in [0.29, 0.717) is 6.54 Å². The molecular formula is C21H25N3O3S2. The summed E-state index contributed by atoms with van der Waals surface area (Å²) < 4.78 is 12.8. The van der Waals surface area contributed by atoms with Crippen molar-refractivity contribution in [3.63, 3.8) is 0 Å². The van der Waals surface area contributed by atoms with E-state index in [1.807, 2.05) is 16.7 Å². The van der Waals surface area contributed by atoms with Crippen molar-refractivity contribution in [2.75, 3.05) is 38.6 Å². The van der Waals surface area contributed by atoms with Gasteiger partial charge in [0.15, 0.2) is 5.16 Å². The van der Waals surface area contributed by atoms with Crippen LogP contribution < -0.4 is 5.56 Å². The van der Waals surface area contributed by atoms with Crippen LogP contribution in [0.4, 0.5) is 0 Å². The third-order valence-corrected chi connectivity index (χ3v) is 7.82. The summed E-state index contributed by atoms with van der Waals surface area (Å²) in [6, 6.07) is 3.78. The first-order chi connectivity index (χ1) is 14.3. The smallest absolute Gasteiger partial charge is 0.263 e. The lowest BCUT2D eigenvalue weighted by Gasteiger charge is -2.26. The number of aryl methyl sites for hydroxylation is 2. The molecule has 1 saturated heterocycles. The monoisotopic (exact) mass is 431 g/mol. The van der Waals surface area contributed by atoms with E-state index in [1.54, 1.807) is 29.4 Å². The topological polar surface area (TPSA) is 60.5 Å². The van der Waals surface area contributed by atoms with Crippen molar-refractivity contribution in [3.05, 3.63) is 45.0 Å². The number of ether oxygens (including phenoxy) is 1. The molecule has 2 aliphatic rings. The second-order valence-corrected chi connectivity index (χ2v) is 9.70. The first-order valence-electron chi connectivity index (χ1n) is 10.3. The summed E-state index contributed by atoms with van der Waals surface area (Å²) in [4.78, 5) is 23.2. The van der Waals surface area contributed by atoms with Gasteiger partial charge in [0.1, 0.15) is 10.6 Å². The van der Waals surface area contributed by atoms with Gasteiger partial charge < -0.3 is 9.15 Å². The van der Waals surface area contributed by atoms with Crippen LogP contribution in [-0.4, -0.2) is 53.1 Å². The zero-order valence-corrected chi connectivity index (χ0v) is 18.0. The lowest BCUT2D eigenvalue weighted by Crippen LogP contribution is -2.37. The predicted octanol–water partition coefficient (Wildman–Crippen LogP) is 3.40. The summed E-state index contributed by atoms with van der Waals surface area (Å²) >= 11 is 3.39. The molecule has 0 atom stereocenters. The molecule has 0 radical (unpaired) electrons. The summed E-state index contributed by atoms with van der Waals surface area (Å²) in [5, 5.41) is 1.64. The highest BCUT2D eigenvalue weighted by Crippen LogP contribution is 2.34. The van der Waals surface area contributed by atoms with Gasteiger partial charge in [-0.3, -0.25) is 14.3 Å². The minimum absolute atomic E-state index is 0.0830. The molecular weight excluding hydrogens is 406 g/mol. The number of fused-ring (bicyclic) bond motifs is 3. The third kappa shape index (κ3) is 4.03. The molecule has 0 unspecified atom stereocenters. The molecule has 8 heteroatoms. The Morgan fingerprint density at radius 1 is 1.21 bits per heavy atom. The van der Waals surface area contributed by atoms with Crippen LogP contribution in [0.1, 0.15) is 29.0 Å². The molecule has 0 spiro atoms. The van der Waals surface area contributed by atoms with E-state index in [4.69, 9.17) is 14.1 Å². The van der Waals surface area contributed by atoms with Crippen LogP contribution in [0.25, 0.3) is 10.2 Å². The van der Waals surface area contributed by atoms with Gasteiger partial charge in [-0.25, -0.2) is 4.98 Å². The molecule has 1 aliphatic heterocycles. The van der Waals surface area contributed by atoms with E-state index in [-0.39, 0.29) is 5.56 Å². The van der Waals surface area contributed by atoms with Gasteiger partial charge in [0, 0.05) is 30.3 Å². The van der Waals surface area contributed by atoms with Crippen LogP contribution in [0.3, 0.4) is 0 Å². The average Bonchev–Trinajstić information content (AvgIpc) is 3.39. The summed E-state index contributed by atoms with van der Waals surface area (Å²) in [5.74, 6) is 1.69. The van der Waals surface area contributed by atoms with Gasteiger partial charge in [-0.1, -0.05) is 11.8 Å². The molecule has 3 aromatic rings. The van der Waals surface area contributed by atoms with E-state index in [9.17, 15) is 4.79 Å². The van der Waals surface area contributed by atoms with Crippen molar-refractivity contribution in [2.45, 2.75) is 37.4 Å². The Hall–Kier alpha value is -1.61. The highest BCUT2D eigenvalue weighted by atomic mass is 32.2. The summed E-state index contributed by atoms with van der Waals surface area (Å²) in [6.45, 7) is 4.97. The number of nitrogens with zero attached hydrogens (tertiary/aromatic N) is 3. The Morgan fingerprint density at radius 2 is 2.07 bits per heavy atom. The molecule has 4 heterocycles. The number of morpholine rings is 1. The van der Waals surface area contributed by atoms with E-state index in [1.165, 1.54) is 16.9 Å². The number of rotatable bonds is 6. The fourth-order valence-corrected chi connectivity index (χ4v) is 6.42. The molecule has 5 rings (SSSR count). The maximum absolute atomic E-state index is 13.5. The van der Waals surface area contributed by atoms with E-state index < -0.39 is 0 Å². The van der Waals surface area contributed by atoms with Gasteiger partial charge in [0.25, 0.3) is 5.56 Å². The van der Waals surface area contributed by atoms with Crippen LogP contribution in [0.5, 0.6) is 0 Å². The highest BCUT2D eigenvalue weighted by molar-refractivity contribution is 7.99. The highest BCUT2D eigenvalue weighted by Gasteiger charge is 2.23. The quantitative estimate of drug-likeness (QED) is 0.440. The summed E-state index contributed by atoms with van der Waals surface area (Å²) in [6.07, 6.45) is 6.10. The second-order valence-electron chi connectivity index (χ2n) is 7.56. The number of furan rings is 1. The van der Waals surface area contributed by atoms with Crippen molar-refractivity contribution >= 4 is 33.3 Å². The summed E-state index contributed by atoms with van der Waals surface area (Å²) in [5.41, 5.74) is 1.33. The van der Waals surface area contributed by atoms with Crippen molar-refractivity contribution in [1.29, 1.82) is 0 Å². The molecule has 0 saturated carbocycles. The molecule has 1 fully saturated rings. The SMILES string of the molecule is O=c1c2c3c(sc2nc(SCCN2CCOCC2)n1Cc1ccco1)CCCC3. The Balaban J connectivity index is 1.47. The van der Waals surface area contributed by atoms with Gasteiger partial charge in [0.2, 0.25) is 0 Å². The number of hydrogen-bond donors (Lipinski definition) is 0. The molecule has 0 N–H and O–H groups in total. The minimum Gasteiger partial charge on any atom is -0.467 e. The van der Waals surface area contributed by atoms with Gasteiger partial charge in [-0.05, 0) is 43.4 Å². The van der Waals surface area contributed by atoms with Crippen molar-refractivity contribution < 1.29 is 9.15 Å². The first kappa shape index (κ1) is 19.4. The van der Waals surface area contributed by atoms with Crippen molar-refractivity contribution in [1.82, 2.24) is 14.5 Å². The van der Waals surface area contributed by atoms with E-state index >= 15 is 0 Å². The molecule has 6 nitrogen and oxygen atoms in total. The fourth-order valence-electron chi connectivity index (χ4n) is 4.12. The number of thioether (sulfide) groups is 1. The largest absolute Gasteiger partial charge is 0.467 e. The predicted molar refractivity (Wildman–Crippen MR) is 116 cm³/mol. The standard InChI is InChI=1S/C21H25N3O3S2/c25-20-18-16-5-1-2-6-17(16)29-19(18)22-21(24(20)14-15-4-3-10-27-15)28-13-9-23-7-11-26-12-8-23/h3-4,10H,1-2,5-9,11-14H2. The van der Waals surface area contributed by atoms with Crippen LogP contribution in [0, 0.1) is 0 Å². The average molecular weight is 432 g/mol. The van der Waals surface area contributed by atoms with Crippen LogP contribution in [0.15, 0.2) is 32.8 Å². The summed E-state index contributed by atoms with van der Waals surface area (Å²) in [7, 11) is 0. The third-order valence-electron chi connectivity index (χ3n) is 5.68. The van der Waals surface area contributed by atoms with Gasteiger partial charge >= 0.3 is 0 Å². The van der Waals surface area contributed by atoms with Crippen LogP contribution in [-0.2, 0) is 24.1 Å². The first-order valence-corrected chi connectivity index (χ1v) is 12.1. The number of thiophene rings is 1. The maximum atomic E-state index is 13.5. The van der Waals surface area contributed by atoms with Crippen molar-refractivity contribution in [3.8, 4) is 0 Å². The normalized spacial score (nSPS) is 17.7. The maximum Gasteiger partial charge on any atom is 0.263 e. The van der Waals surface area contributed by atoms with E-state index in [2.05, 4.69) is 4.90 Å². The molecule has 29 heavy (non-hydrogen) atoms. The molecule has 154 valence electrons. The Bertz CT molecular complexity index is 1040. The zero-order chi connectivity index (χ0) is 19.6. The molecule has 0 amide bonds. The zero-order valence-electron chi connectivity index (χ0n) is 16.4. The number of hydrogen-bond acceptors (Lipinski definition) is 7. The Morgan fingerprint density at radius 3 is 2.90 bits per heavy atom. The van der Waals surface area contributed by atoms with Crippen molar-refractivity contribution in [2.24, 2.45) is 0 Å². The molecule has 1 aliphatic carbocycles.